The van der Waals surface area contributed by atoms with Crippen molar-refractivity contribution in [1.29, 1.82) is 0 Å². The van der Waals surface area contributed by atoms with Gasteiger partial charge < -0.3 is 9.73 Å². The molecule has 1 N–H and O–H groups in total. The number of hydrogen-bond acceptors (Lipinski definition) is 6. The summed E-state index contributed by atoms with van der Waals surface area (Å²) in [7, 11) is 0. The Bertz CT molecular complexity index is 1030. The minimum Gasteiger partial charge on any atom is -0.463 e. The SMILES string of the molecule is O=C(Cn1cnc(-c2ccco2)cc1=O)Nc1cc(Cl)ccc1[N+](=O)[O-]. The molecule has 0 bridgehead atoms. The number of carbonyl (C=O) groups is 1. The van der Waals surface area contributed by atoms with Gasteiger partial charge in [-0.25, -0.2) is 4.98 Å². The van der Waals surface area contributed by atoms with Crippen molar-refractivity contribution in [2.45, 2.75) is 6.54 Å². The normalized spacial score (nSPS) is 10.5. The molecular formula is C16H11ClN4O5. The molecule has 1 amide bonds. The molecule has 0 saturated carbocycles. The van der Waals surface area contributed by atoms with Crippen LogP contribution in [0.25, 0.3) is 11.5 Å². The molecule has 0 spiro atoms. The zero-order valence-corrected chi connectivity index (χ0v) is 13.8. The molecule has 0 saturated heterocycles. The van der Waals surface area contributed by atoms with Crippen LogP contribution in [0.2, 0.25) is 5.02 Å². The maximum Gasteiger partial charge on any atom is 0.292 e. The standard InChI is InChI=1S/C16H11ClN4O5/c17-10-3-4-13(21(24)25)11(6-10)19-15(22)8-20-9-18-12(7-16(20)23)14-2-1-5-26-14/h1-7,9H,8H2,(H,19,22). The smallest absolute Gasteiger partial charge is 0.292 e. The first-order valence-electron chi connectivity index (χ1n) is 7.28. The van der Waals surface area contributed by atoms with Gasteiger partial charge in [-0.2, -0.15) is 0 Å². The first kappa shape index (κ1) is 17.4. The van der Waals surface area contributed by atoms with Crippen molar-refractivity contribution in [1.82, 2.24) is 9.55 Å². The average Bonchev–Trinajstić information content (AvgIpc) is 3.11. The Balaban J connectivity index is 1.78. The van der Waals surface area contributed by atoms with E-state index in [0.717, 1.165) is 4.57 Å². The number of rotatable bonds is 5. The van der Waals surface area contributed by atoms with Gasteiger partial charge in [0.2, 0.25) is 5.91 Å². The van der Waals surface area contributed by atoms with Gasteiger partial charge in [0.05, 0.1) is 17.5 Å². The first-order valence-corrected chi connectivity index (χ1v) is 7.66. The lowest BCUT2D eigenvalue weighted by Crippen LogP contribution is -2.27. The number of nitrogens with one attached hydrogen (secondary N) is 1. The van der Waals surface area contributed by atoms with E-state index in [2.05, 4.69) is 10.3 Å². The number of amides is 1. The molecule has 0 atom stereocenters. The lowest BCUT2D eigenvalue weighted by molar-refractivity contribution is -0.383. The van der Waals surface area contributed by atoms with Crippen LogP contribution in [0.3, 0.4) is 0 Å². The minimum atomic E-state index is -0.641. The highest BCUT2D eigenvalue weighted by Gasteiger charge is 2.17. The number of aromatic nitrogens is 2. The summed E-state index contributed by atoms with van der Waals surface area (Å²) < 4.78 is 6.22. The van der Waals surface area contributed by atoms with Crippen LogP contribution in [0.5, 0.6) is 0 Å². The summed E-state index contributed by atoms with van der Waals surface area (Å²) in [5, 5.41) is 13.6. The molecule has 2 heterocycles. The van der Waals surface area contributed by atoms with E-state index in [1.54, 1.807) is 12.1 Å². The number of nitro groups is 1. The molecule has 26 heavy (non-hydrogen) atoms. The van der Waals surface area contributed by atoms with Gasteiger partial charge in [0, 0.05) is 17.2 Å². The maximum absolute atomic E-state index is 12.2. The quantitative estimate of drug-likeness (QED) is 0.541. The number of nitrogens with zero attached hydrogens (tertiary/aromatic N) is 3. The van der Waals surface area contributed by atoms with Gasteiger partial charge in [-0.3, -0.25) is 24.3 Å². The second-order valence-electron chi connectivity index (χ2n) is 5.18. The molecule has 10 heteroatoms. The van der Waals surface area contributed by atoms with Gasteiger partial charge in [-0.05, 0) is 24.3 Å². The van der Waals surface area contributed by atoms with Crippen molar-refractivity contribution in [2.75, 3.05) is 5.32 Å². The van der Waals surface area contributed by atoms with Crippen molar-refractivity contribution < 1.29 is 14.1 Å². The second kappa shape index (κ2) is 7.19. The molecule has 0 aliphatic heterocycles. The summed E-state index contributed by atoms with van der Waals surface area (Å²) in [6.07, 6.45) is 2.65. The fourth-order valence-corrected chi connectivity index (χ4v) is 2.39. The molecular weight excluding hydrogens is 364 g/mol. The third-order valence-electron chi connectivity index (χ3n) is 3.40. The molecule has 0 unspecified atom stereocenters. The molecule has 0 fully saturated rings. The molecule has 3 rings (SSSR count). The molecule has 2 aromatic heterocycles. The van der Waals surface area contributed by atoms with E-state index in [1.165, 1.54) is 36.9 Å². The Morgan fingerprint density at radius 2 is 2.15 bits per heavy atom. The van der Waals surface area contributed by atoms with Gasteiger partial charge in [0.1, 0.15) is 17.9 Å². The number of carbonyl (C=O) groups excluding carboxylic acids is 1. The van der Waals surface area contributed by atoms with Crippen molar-refractivity contribution in [3.8, 4) is 11.5 Å². The van der Waals surface area contributed by atoms with Crippen molar-refractivity contribution in [3.63, 3.8) is 0 Å². The van der Waals surface area contributed by atoms with E-state index in [-0.39, 0.29) is 22.9 Å². The van der Waals surface area contributed by atoms with Crippen molar-refractivity contribution in [3.05, 3.63) is 74.5 Å². The van der Waals surface area contributed by atoms with Crippen LogP contribution in [0.15, 0.2) is 58.2 Å². The summed E-state index contributed by atoms with van der Waals surface area (Å²) in [6, 6.07) is 8.33. The highest BCUT2D eigenvalue weighted by molar-refractivity contribution is 6.31. The zero-order chi connectivity index (χ0) is 18.7. The third-order valence-corrected chi connectivity index (χ3v) is 3.63. The van der Waals surface area contributed by atoms with Crippen molar-refractivity contribution >= 4 is 28.9 Å². The van der Waals surface area contributed by atoms with Gasteiger partial charge in [-0.1, -0.05) is 11.6 Å². The third kappa shape index (κ3) is 3.78. The molecule has 9 nitrogen and oxygen atoms in total. The highest BCUT2D eigenvalue weighted by atomic mass is 35.5. The number of anilines is 1. The summed E-state index contributed by atoms with van der Waals surface area (Å²) in [5.74, 6) is -0.210. The molecule has 3 aromatic rings. The second-order valence-corrected chi connectivity index (χ2v) is 5.62. The van der Waals surface area contributed by atoms with Crippen LogP contribution >= 0.6 is 11.6 Å². The summed E-state index contributed by atoms with van der Waals surface area (Å²) in [4.78, 5) is 38.7. The number of benzene rings is 1. The summed E-state index contributed by atoms with van der Waals surface area (Å²) >= 11 is 5.81. The average molecular weight is 375 g/mol. The number of nitro benzene ring substituents is 1. The van der Waals surface area contributed by atoms with Crippen molar-refractivity contribution in [2.24, 2.45) is 0 Å². The zero-order valence-electron chi connectivity index (χ0n) is 13.1. The lowest BCUT2D eigenvalue weighted by Gasteiger charge is -2.08. The fourth-order valence-electron chi connectivity index (χ4n) is 2.22. The van der Waals surface area contributed by atoms with Gasteiger partial charge in [-0.15, -0.1) is 0 Å². The number of furan rings is 1. The predicted molar refractivity (Wildman–Crippen MR) is 92.9 cm³/mol. The molecule has 132 valence electrons. The lowest BCUT2D eigenvalue weighted by atomic mass is 10.2. The van der Waals surface area contributed by atoms with Crippen LogP contribution in [0.1, 0.15) is 0 Å². The largest absolute Gasteiger partial charge is 0.463 e. The van der Waals surface area contributed by atoms with Gasteiger partial charge in [0.25, 0.3) is 11.2 Å². The van der Waals surface area contributed by atoms with E-state index >= 15 is 0 Å². The molecule has 0 aliphatic carbocycles. The van der Waals surface area contributed by atoms with Crippen LogP contribution in [0, 0.1) is 10.1 Å². The van der Waals surface area contributed by atoms with Gasteiger partial charge in [0.15, 0.2) is 5.76 Å². The minimum absolute atomic E-state index is 0.0549. The van der Waals surface area contributed by atoms with Crippen LogP contribution in [-0.4, -0.2) is 20.4 Å². The van der Waals surface area contributed by atoms with Crippen LogP contribution in [0.4, 0.5) is 11.4 Å². The van der Waals surface area contributed by atoms with E-state index in [4.69, 9.17) is 16.0 Å². The fraction of sp³-hybridized carbons (Fsp3) is 0.0625. The Morgan fingerprint density at radius 3 is 2.81 bits per heavy atom. The maximum atomic E-state index is 12.2. The topological polar surface area (TPSA) is 120 Å². The van der Waals surface area contributed by atoms with E-state index < -0.39 is 16.4 Å². The number of hydrogen-bond donors (Lipinski definition) is 1. The predicted octanol–water partition coefficient (Wildman–Crippen LogP) is 2.70. The van der Waals surface area contributed by atoms with Crippen LogP contribution < -0.4 is 10.9 Å². The summed E-state index contributed by atoms with van der Waals surface area (Å²) in [5.41, 5.74) is -0.494. The van der Waals surface area contributed by atoms with E-state index in [0.29, 0.717) is 11.5 Å². The van der Waals surface area contributed by atoms with Crippen LogP contribution in [-0.2, 0) is 11.3 Å². The highest BCUT2D eigenvalue weighted by Crippen LogP contribution is 2.27. The van der Waals surface area contributed by atoms with E-state index in [9.17, 15) is 19.7 Å². The Hall–Kier alpha value is -3.46. The molecule has 1 aromatic carbocycles. The Labute approximate surface area is 151 Å². The first-order chi connectivity index (χ1) is 12.4. The Kier molecular flexibility index (Phi) is 4.81. The molecule has 0 aliphatic rings. The molecule has 0 radical (unpaired) electrons. The Morgan fingerprint density at radius 1 is 1.35 bits per heavy atom. The van der Waals surface area contributed by atoms with E-state index in [1.807, 2.05) is 0 Å². The van der Waals surface area contributed by atoms with Gasteiger partial charge >= 0.3 is 0 Å². The number of halogens is 1. The summed E-state index contributed by atoms with van der Waals surface area (Å²) in [6.45, 7) is -0.367. The monoisotopic (exact) mass is 374 g/mol.